The van der Waals surface area contributed by atoms with Gasteiger partial charge in [-0.15, -0.1) is 0 Å². The van der Waals surface area contributed by atoms with E-state index in [0.29, 0.717) is 36.1 Å². The van der Waals surface area contributed by atoms with Gasteiger partial charge in [0.05, 0.1) is 24.2 Å². The van der Waals surface area contributed by atoms with E-state index in [4.69, 9.17) is 4.74 Å². The summed E-state index contributed by atoms with van der Waals surface area (Å²) in [6.45, 7) is 4.33. The van der Waals surface area contributed by atoms with Crippen molar-refractivity contribution >= 4 is 5.97 Å². The number of hydrogen-bond acceptors (Lipinski definition) is 3. The van der Waals surface area contributed by atoms with Crippen molar-refractivity contribution in [1.29, 1.82) is 0 Å². The van der Waals surface area contributed by atoms with E-state index in [0.717, 1.165) is 13.2 Å². The van der Waals surface area contributed by atoms with Crippen LogP contribution in [0.4, 0.5) is 26.3 Å². The van der Waals surface area contributed by atoms with Gasteiger partial charge in [0.15, 0.2) is 0 Å². The lowest BCUT2D eigenvalue weighted by Crippen LogP contribution is -2.35. The van der Waals surface area contributed by atoms with Gasteiger partial charge in [-0.2, -0.15) is 26.3 Å². The number of benzene rings is 3. The number of nitrogens with zero attached hydrogens (tertiary/aromatic N) is 1. The van der Waals surface area contributed by atoms with Crippen molar-refractivity contribution in [2.24, 2.45) is 5.92 Å². The zero-order chi connectivity index (χ0) is 31.5. The first-order valence-corrected chi connectivity index (χ1v) is 14.2. The first-order chi connectivity index (χ1) is 20.2. The van der Waals surface area contributed by atoms with Gasteiger partial charge >= 0.3 is 18.3 Å². The Kier molecular flexibility index (Phi) is 9.79. The van der Waals surface area contributed by atoms with Gasteiger partial charge < -0.3 is 9.84 Å². The third kappa shape index (κ3) is 7.71. The zero-order valence-electron chi connectivity index (χ0n) is 24.2. The molecule has 4 rings (SSSR count). The van der Waals surface area contributed by atoms with Gasteiger partial charge in [-0.05, 0) is 83.7 Å². The second-order valence-corrected chi connectivity index (χ2v) is 11.5. The molecule has 0 radical (unpaired) electrons. The molecule has 1 saturated heterocycles. The van der Waals surface area contributed by atoms with Crippen LogP contribution in [0.1, 0.15) is 72.8 Å². The van der Waals surface area contributed by atoms with Crippen molar-refractivity contribution in [2.45, 2.75) is 63.8 Å². The molecule has 0 spiro atoms. The Hall–Kier alpha value is -3.53. The Bertz CT molecular complexity index is 1420. The molecule has 0 aliphatic carbocycles. The van der Waals surface area contributed by atoms with Crippen LogP contribution in [0.25, 0.3) is 11.1 Å². The number of aliphatic carboxylic acids is 1. The Morgan fingerprint density at radius 3 is 2.26 bits per heavy atom. The fraction of sp³-hybridized carbons (Fsp3) is 0.424. The van der Waals surface area contributed by atoms with E-state index in [1.807, 2.05) is 4.90 Å². The first kappa shape index (κ1) is 32.4. The standard InChI is InChI=1S/C33H35F6NO3/c1-20(2)14-27(31(41)42)26-17-24(22-8-5-4-6-9-22)16-25(30(26)33(37,38)39)23-10-7-13-40(19-23)18-21-11-12-29(43-3)28(15-21)32(34,35)36/h4-6,8-9,11-12,15-17,20,23,27H,7,10,13-14,18-19H2,1-3H3,(H,41,42). The average Bonchev–Trinajstić information content (AvgIpc) is 2.94. The summed E-state index contributed by atoms with van der Waals surface area (Å²) in [5, 5.41) is 10.1. The molecule has 3 aromatic rings. The smallest absolute Gasteiger partial charge is 0.419 e. The molecular formula is C33H35F6NO3. The average molecular weight is 608 g/mol. The number of methoxy groups -OCH3 is 1. The van der Waals surface area contributed by atoms with E-state index < -0.39 is 41.3 Å². The van der Waals surface area contributed by atoms with Crippen LogP contribution >= 0.6 is 0 Å². The predicted molar refractivity (Wildman–Crippen MR) is 152 cm³/mol. The maximum Gasteiger partial charge on any atom is 0.419 e. The fourth-order valence-electron chi connectivity index (χ4n) is 6.03. The number of halogens is 6. The van der Waals surface area contributed by atoms with E-state index in [1.165, 1.54) is 24.3 Å². The second kappa shape index (κ2) is 13.0. The number of ether oxygens (including phenoxy) is 1. The number of rotatable bonds is 9. The summed E-state index contributed by atoms with van der Waals surface area (Å²) in [7, 11) is 1.16. The van der Waals surface area contributed by atoms with E-state index in [-0.39, 0.29) is 42.3 Å². The molecule has 0 amide bonds. The highest BCUT2D eigenvalue weighted by Crippen LogP contribution is 2.46. The lowest BCUT2D eigenvalue weighted by Gasteiger charge is -2.35. The zero-order valence-corrected chi connectivity index (χ0v) is 24.2. The number of carbonyl (C=O) groups is 1. The van der Waals surface area contributed by atoms with Gasteiger partial charge in [-0.3, -0.25) is 9.69 Å². The lowest BCUT2D eigenvalue weighted by molar-refractivity contribution is -0.142. The number of hydrogen-bond donors (Lipinski definition) is 1. The van der Waals surface area contributed by atoms with Crippen LogP contribution in [-0.2, 0) is 23.7 Å². The topological polar surface area (TPSA) is 49.8 Å². The van der Waals surface area contributed by atoms with E-state index in [9.17, 15) is 36.2 Å². The van der Waals surface area contributed by atoms with Gasteiger partial charge in [0, 0.05) is 13.1 Å². The third-order valence-electron chi connectivity index (χ3n) is 7.89. The first-order valence-electron chi connectivity index (χ1n) is 14.2. The molecule has 1 fully saturated rings. The van der Waals surface area contributed by atoms with Crippen molar-refractivity contribution in [3.05, 3.63) is 88.5 Å². The Labute approximate surface area is 247 Å². The minimum Gasteiger partial charge on any atom is -0.496 e. The molecule has 4 nitrogen and oxygen atoms in total. The number of carboxylic acid groups (broad SMARTS) is 1. The van der Waals surface area contributed by atoms with Gasteiger partial charge in [-0.25, -0.2) is 0 Å². The number of piperidine rings is 1. The molecule has 2 unspecified atom stereocenters. The maximum atomic E-state index is 14.9. The lowest BCUT2D eigenvalue weighted by atomic mass is 9.78. The molecular weight excluding hydrogens is 572 g/mol. The van der Waals surface area contributed by atoms with E-state index >= 15 is 0 Å². The number of likely N-dealkylation sites (tertiary alicyclic amines) is 1. The minimum atomic E-state index is -4.82. The predicted octanol–water partition coefficient (Wildman–Crippen LogP) is 8.99. The summed E-state index contributed by atoms with van der Waals surface area (Å²) in [6, 6.07) is 15.5. The van der Waals surface area contributed by atoms with Crippen molar-refractivity contribution in [3.63, 3.8) is 0 Å². The molecule has 0 aromatic heterocycles. The highest BCUT2D eigenvalue weighted by atomic mass is 19.4. The molecule has 2 atom stereocenters. The summed E-state index contributed by atoms with van der Waals surface area (Å²) in [4.78, 5) is 14.2. The SMILES string of the molecule is COc1ccc(CN2CCCC(c3cc(-c4ccccc4)cc(C(CC(C)C)C(=O)O)c3C(F)(F)F)C2)cc1C(F)(F)F. The normalized spacial score (nSPS) is 17.2. The Morgan fingerprint density at radius 1 is 0.977 bits per heavy atom. The van der Waals surface area contributed by atoms with Crippen LogP contribution in [-0.4, -0.2) is 36.2 Å². The third-order valence-corrected chi connectivity index (χ3v) is 7.89. The monoisotopic (exact) mass is 607 g/mol. The van der Waals surface area contributed by atoms with E-state index in [2.05, 4.69) is 0 Å². The molecule has 1 heterocycles. The van der Waals surface area contributed by atoms with Gasteiger partial charge in [0.1, 0.15) is 5.75 Å². The highest BCUT2D eigenvalue weighted by molar-refractivity contribution is 5.79. The molecule has 0 bridgehead atoms. The minimum absolute atomic E-state index is 0.0225. The molecule has 1 N–H and O–H groups in total. The summed E-state index contributed by atoms with van der Waals surface area (Å²) < 4.78 is 90.4. The van der Waals surface area contributed by atoms with Crippen LogP contribution < -0.4 is 4.74 Å². The summed E-state index contributed by atoms with van der Waals surface area (Å²) in [5.74, 6) is -3.76. The summed E-state index contributed by atoms with van der Waals surface area (Å²) in [6.07, 6.45) is -8.45. The highest BCUT2D eigenvalue weighted by Gasteiger charge is 2.42. The van der Waals surface area contributed by atoms with Crippen molar-refractivity contribution in [2.75, 3.05) is 20.2 Å². The molecule has 3 aromatic carbocycles. The van der Waals surface area contributed by atoms with Crippen LogP contribution in [0.3, 0.4) is 0 Å². The largest absolute Gasteiger partial charge is 0.496 e. The van der Waals surface area contributed by atoms with Gasteiger partial charge in [0.25, 0.3) is 0 Å². The molecule has 0 saturated carbocycles. The van der Waals surface area contributed by atoms with Crippen LogP contribution in [0, 0.1) is 5.92 Å². The van der Waals surface area contributed by atoms with Crippen LogP contribution in [0.2, 0.25) is 0 Å². The molecule has 10 heteroatoms. The molecule has 232 valence electrons. The van der Waals surface area contributed by atoms with Crippen molar-refractivity contribution in [3.8, 4) is 16.9 Å². The summed E-state index contributed by atoms with van der Waals surface area (Å²) >= 11 is 0. The van der Waals surface area contributed by atoms with Crippen molar-refractivity contribution < 1.29 is 41.0 Å². The number of alkyl halides is 6. The molecule has 43 heavy (non-hydrogen) atoms. The fourth-order valence-corrected chi connectivity index (χ4v) is 6.03. The number of carboxylic acids is 1. The van der Waals surface area contributed by atoms with Gasteiger partial charge in [-0.1, -0.05) is 56.3 Å². The van der Waals surface area contributed by atoms with Crippen molar-refractivity contribution in [1.82, 2.24) is 4.90 Å². The van der Waals surface area contributed by atoms with Crippen LogP contribution in [0.15, 0.2) is 60.7 Å². The Balaban J connectivity index is 1.79. The second-order valence-electron chi connectivity index (χ2n) is 11.5. The quantitative estimate of drug-likeness (QED) is 0.247. The van der Waals surface area contributed by atoms with Crippen LogP contribution in [0.5, 0.6) is 5.75 Å². The molecule has 1 aliphatic heterocycles. The van der Waals surface area contributed by atoms with Gasteiger partial charge in [0.2, 0.25) is 0 Å². The van der Waals surface area contributed by atoms with E-state index in [1.54, 1.807) is 44.2 Å². The summed E-state index contributed by atoms with van der Waals surface area (Å²) in [5.41, 5.74) is -0.539. The maximum absolute atomic E-state index is 14.9. The Morgan fingerprint density at radius 2 is 1.67 bits per heavy atom. The molecule has 1 aliphatic rings.